The van der Waals surface area contributed by atoms with Crippen molar-refractivity contribution in [3.63, 3.8) is 0 Å². The molecule has 0 heterocycles. The molecule has 0 aromatic rings. The molecule has 1 saturated carbocycles. The number of allylic oxidation sites excluding steroid dienone is 1. The van der Waals surface area contributed by atoms with Gasteiger partial charge < -0.3 is 10.8 Å². The molecule has 0 saturated heterocycles. The second kappa shape index (κ2) is 2.09. The normalized spacial score (nSPS) is 31.2. The number of aliphatic carboxylic acids is 1. The van der Waals surface area contributed by atoms with Crippen LogP contribution in [0, 0.1) is 0 Å². The predicted molar refractivity (Wildman–Crippen MR) is 37.5 cm³/mol. The lowest BCUT2D eigenvalue weighted by Gasteiger charge is -2.36. The molecule has 56 valence electrons. The Morgan fingerprint density at radius 2 is 2.30 bits per heavy atom. The van der Waals surface area contributed by atoms with Crippen LogP contribution >= 0.6 is 0 Å². The maximum atomic E-state index is 10.4. The van der Waals surface area contributed by atoms with E-state index in [0.717, 1.165) is 5.57 Å². The third-order valence-electron chi connectivity index (χ3n) is 1.92. The minimum atomic E-state index is -0.957. The van der Waals surface area contributed by atoms with E-state index in [1.807, 2.05) is 13.0 Å². The molecule has 3 nitrogen and oxygen atoms in total. The van der Waals surface area contributed by atoms with Crippen molar-refractivity contribution in [2.45, 2.75) is 25.3 Å². The molecule has 1 rings (SSSR count). The zero-order valence-electron chi connectivity index (χ0n) is 5.92. The van der Waals surface area contributed by atoms with Crippen LogP contribution in [0.2, 0.25) is 0 Å². The first-order chi connectivity index (χ1) is 4.58. The lowest BCUT2D eigenvalue weighted by molar-refractivity contribution is -0.144. The molecule has 3 N–H and O–H groups in total. The standard InChI is InChI=1S/C7H11NO2/c1-2-5-3-7(8,4-5)6(9)10/h2H,3-4,8H2,1H3,(H,9,10). The predicted octanol–water partition coefficient (Wildman–Crippen LogP) is 0.509. The topological polar surface area (TPSA) is 63.3 Å². The van der Waals surface area contributed by atoms with Gasteiger partial charge in [0.1, 0.15) is 5.54 Å². The van der Waals surface area contributed by atoms with Crippen LogP contribution < -0.4 is 5.73 Å². The summed E-state index contributed by atoms with van der Waals surface area (Å²) in [5.41, 5.74) is 5.66. The number of rotatable bonds is 1. The van der Waals surface area contributed by atoms with Crippen molar-refractivity contribution in [3.05, 3.63) is 11.6 Å². The Labute approximate surface area is 59.5 Å². The van der Waals surface area contributed by atoms with Gasteiger partial charge in [-0.15, -0.1) is 0 Å². The van der Waals surface area contributed by atoms with Gasteiger partial charge in [-0.05, 0) is 19.8 Å². The first kappa shape index (κ1) is 7.28. The summed E-state index contributed by atoms with van der Waals surface area (Å²) in [5, 5.41) is 8.55. The largest absolute Gasteiger partial charge is 0.480 e. The second-order valence-electron chi connectivity index (χ2n) is 2.76. The first-order valence-electron chi connectivity index (χ1n) is 3.25. The van der Waals surface area contributed by atoms with E-state index < -0.39 is 11.5 Å². The summed E-state index contributed by atoms with van der Waals surface area (Å²) in [6, 6.07) is 0. The number of carbonyl (C=O) groups is 1. The summed E-state index contributed by atoms with van der Waals surface area (Å²) in [6.45, 7) is 1.90. The van der Waals surface area contributed by atoms with Crippen LogP contribution in [0.5, 0.6) is 0 Å². The second-order valence-corrected chi connectivity index (χ2v) is 2.76. The fourth-order valence-corrected chi connectivity index (χ4v) is 1.11. The van der Waals surface area contributed by atoms with Crippen LogP contribution in [-0.4, -0.2) is 16.6 Å². The molecule has 0 aliphatic heterocycles. The third kappa shape index (κ3) is 0.926. The summed E-state index contributed by atoms with van der Waals surface area (Å²) >= 11 is 0. The van der Waals surface area contributed by atoms with Gasteiger partial charge in [-0.2, -0.15) is 0 Å². The highest BCUT2D eigenvalue weighted by Gasteiger charge is 2.43. The molecule has 0 atom stereocenters. The van der Waals surface area contributed by atoms with Crippen LogP contribution in [0.3, 0.4) is 0 Å². The summed E-state index contributed by atoms with van der Waals surface area (Å²) in [6.07, 6.45) is 2.95. The smallest absolute Gasteiger partial charge is 0.324 e. The Morgan fingerprint density at radius 3 is 2.60 bits per heavy atom. The van der Waals surface area contributed by atoms with E-state index >= 15 is 0 Å². The average Bonchev–Trinajstić information content (AvgIpc) is 1.80. The molecule has 1 fully saturated rings. The first-order valence-corrected chi connectivity index (χ1v) is 3.25. The number of carboxylic acid groups (broad SMARTS) is 1. The fraction of sp³-hybridized carbons (Fsp3) is 0.571. The number of carboxylic acids is 1. The summed E-state index contributed by atoms with van der Waals surface area (Å²) in [5.74, 6) is -0.891. The summed E-state index contributed by atoms with van der Waals surface area (Å²) in [4.78, 5) is 10.4. The van der Waals surface area contributed by atoms with Gasteiger partial charge in [-0.25, -0.2) is 0 Å². The highest BCUT2D eigenvalue weighted by molar-refractivity contribution is 5.81. The van der Waals surface area contributed by atoms with Crippen molar-refractivity contribution >= 4 is 5.97 Å². The van der Waals surface area contributed by atoms with E-state index in [2.05, 4.69) is 0 Å². The third-order valence-corrected chi connectivity index (χ3v) is 1.92. The number of hydrogen-bond acceptors (Lipinski definition) is 2. The van der Waals surface area contributed by atoms with Gasteiger partial charge in [-0.3, -0.25) is 4.79 Å². The minimum Gasteiger partial charge on any atom is -0.480 e. The highest BCUT2D eigenvalue weighted by atomic mass is 16.4. The van der Waals surface area contributed by atoms with E-state index in [9.17, 15) is 4.79 Å². The van der Waals surface area contributed by atoms with Gasteiger partial charge in [0.15, 0.2) is 0 Å². The van der Waals surface area contributed by atoms with Crippen LogP contribution in [0.1, 0.15) is 19.8 Å². The Bertz CT molecular complexity index is 188. The van der Waals surface area contributed by atoms with Gasteiger partial charge in [0.25, 0.3) is 0 Å². The van der Waals surface area contributed by atoms with Gasteiger partial charge in [0.2, 0.25) is 0 Å². The molecule has 0 unspecified atom stereocenters. The van der Waals surface area contributed by atoms with E-state index in [-0.39, 0.29) is 0 Å². The Hall–Kier alpha value is -0.830. The van der Waals surface area contributed by atoms with Gasteiger partial charge in [0, 0.05) is 0 Å². The van der Waals surface area contributed by atoms with Crippen molar-refractivity contribution in [1.29, 1.82) is 0 Å². The number of nitrogens with two attached hydrogens (primary N) is 1. The van der Waals surface area contributed by atoms with E-state index in [4.69, 9.17) is 10.8 Å². The van der Waals surface area contributed by atoms with Crippen molar-refractivity contribution in [2.75, 3.05) is 0 Å². The zero-order chi connectivity index (χ0) is 7.78. The lowest BCUT2D eigenvalue weighted by Crippen LogP contribution is -2.54. The zero-order valence-corrected chi connectivity index (χ0v) is 5.92. The molecule has 1 aliphatic rings. The molecule has 3 heteroatoms. The SMILES string of the molecule is CC=C1CC(N)(C(=O)O)C1. The fourth-order valence-electron chi connectivity index (χ4n) is 1.11. The molecule has 0 radical (unpaired) electrons. The highest BCUT2D eigenvalue weighted by Crippen LogP contribution is 2.34. The van der Waals surface area contributed by atoms with E-state index in [1.54, 1.807) is 0 Å². The van der Waals surface area contributed by atoms with Crippen molar-refractivity contribution in [3.8, 4) is 0 Å². The quantitative estimate of drug-likeness (QED) is 0.523. The maximum Gasteiger partial charge on any atom is 0.324 e. The molecule has 0 amide bonds. The van der Waals surface area contributed by atoms with E-state index in [0.29, 0.717) is 12.8 Å². The average molecular weight is 141 g/mol. The van der Waals surface area contributed by atoms with Crippen LogP contribution in [0.15, 0.2) is 11.6 Å². The van der Waals surface area contributed by atoms with Gasteiger partial charge in [0.05, 0.1) is 0 Å². The summed E-state index contributed by atoms with van der Waals surface area (Å²) in [7, 11) is 0. The Balaban J connectivity index is 2.58. The maximum absolute atomic E-state index is 10.4. The van der Waals surface area contributed by atoms with E-state index in [1.165, 1.54) is 0 Å². The molecule has 1 aliphatic carbocycles. The van der Waals surface area contributed by atoms with Crippen molar-refractivity contribution in [2.24, 2.45) is 5.73 Å². The van der Waals surface area contributed by atoms with Crippen molar-refractivity contribution in [1.82, 2.24) is 0 Å². The molecule has 0 aromatic heterocycles. The van der Waals surface area contributed by atoms with Gasteiger partial charge in [-0.1, -0.05) is 11.6 Å². The monoisotopic (exact) mass is 141 g/mol. The molecule has 0 spiro atoms. The minimum absolute atomic E-state index is 0.513. The molecule has 0 aromatic carbocycles. The lowest BCUT2D eigenvalue weighted by atomic mass is 9.73. The summed E-state index contributed by atoms with van der Waals surface area (Å²) < 4.78 is 0. The molecule has 0 bridgehead atoms. The molecular formula is C7H11NO2. The molecule has 10 heavy (non-hydrogen) atoms. The van der Waals surface area contributed by atoms with Crippen LogP contribution in [0.4, 0.5) is 0 Å². The van der Waals surface area contributed by atoms with Crippen LogP contribution in [0.25, 0.3) is 0 Å². The Kier molecular flexibility index (Phi) is 1.52. The van der Waals surface area contributed by atoms with Crippen LogP contribution in [-0.2, 0) is 4.79 Å². The number of hydrogen-bond donors (Lipinski definition) is 2. The van der Waals surface area contributed by atoms with Gasteiger partial charge >= 0.3 is 5.97 Å². The molecular weight excluding hydrogens is 130 g/mol. The van der Waals surface area contributed by atoms with Crippen molar-refractivity contribution < 1.29 is 9.90 Å². The Morgan fingerprint density at radius 1 is 1.80 bits per heavy atom.